The Labute approximate surface area is 153 Å². The summed E-state index contributed by atoms with van der Waals surface area (Å²) in [5, 5.41) is 21.2. The van der Waals surface area contributed by atoms with Crippen molar-refractivity contribution in [3.05, 3.63) is 29.5 Å². The summed E-state index contributed by atoms with van der Waals surface area (Å²) in [6.07, 6.45) is 4.01. The molecule has 2 N–H and O–H groups in total. The Hall–Kier alpha value is -2.75. The molecule has 0 atom stereocenters. The van der Waals surface area contributed by atoms with Crippen LogP contribution in [0.1, 0.15) is 24.6 Å². The van der Waals surface area contributed by atoms with Crippen LogP contribution >= 0.6 is 11.3 Å². The lowest BCUT2D eigenvalue weighted by Gasteiger charge is -2.40. The van der Waals surface area contributed by atoms with Crippen molar-refractivity contribution in [1.82, 2.24) is 30.1 Å². The van der Waals surface area contributed by atoms with Gasteiger partial charge in [0.2, 0.25) is 0 Å². The molecule has 4 heterocycles. The fourth-order valence-corrected chi connectivity index (χ4v) is 3.63. The van der Waals surface area contributed by atoms with E-state index in [2.05, 4.69) is 30.7 Å². The minimum atomic E-state index is -0.212. The van der Waals surface area contributed by atoms with Gasteiger partial charge in [-0.15, -0.1) is 26.6 Å². The average molecular weight is 370 g/mol. The number of thiazole rings is 1. The van der Waals surface area contributed by atoms with E-state index in [1.807, 2.05) is 22.0 Å². The highest BCUT2D eigenvalue weighted by atomic mass is 32.1. The summed E-state index contributed by atoms with van der Waals surface area (Å²) in [6.45, 7) is 2.38. The van der Waals surface area contributed by atoms with E-state index >= 15 is 0 Å². The second-order valence-corrected chi connectivity index (χ2v) is 7.63. The Morgan fingerprint density at radius 1 is 1.27 bits per heavy atom. The van der Waals surface area contributed by atoms with Crippen molar-refractivity contribution < 1.29 is 4.79 Å². The van der Waals surface area contributed by atoms with Gasteiger partial charge in [-0.25, -0.2) is 9.78 Å². The quantitative estimate of drug-likeness (QED) is 0.709. The molecule has 1 saturated heterocycles. The van der Waals surface area contributed by atoms with E-state index in [1.54, 1.807) is 6.20 Å². The van der Waals surface area contributed by atoms with Gasteiger partial charge in [-0.05, 0) is 25.0 Å². The first-order valence-corrected chi connectivity index (χ1v) is 9.56. The highest BCUT2D eigenvalue weighted by Crippen LogP contribution is 2.38. The molecule has 2 aliphatic rings. The Balaban J connectivity index is 1.16. The Morgan fingerprint density at radius 2 is 2.15 bits per heavy atom. The number of carbonyl (C=O) groups is 1. The summed E-state index contributed by atoms with van der Waals surface area (Å²) in [4.78, 5) is 18.1. The fourth-order valence-electron chi connectivity index (χ4n) is 3.11. The van der Waals surface area contributed by atoms with Gasteiger partial charge in [0, 0.05) is 43.0 Å². The monoisotopic (exact) mass is 370 g/mol. The van der Waals surface area contributed by atoms with Gasteiger partial charge in [0.1, 0.15) is 5.82 Å². The SMILES string of the molecule is O=C(NCC1CN(c2ccc3nnc(C4CC4)n3n2)C1)Nc1nccs1. The zero-order valence-electron chi connectivity index (χ0n) is 14.0. The van der Waals surface area contributed by atoms with Gasteiger partial charge >= 0.3 is 6.03 Å². The van der Waals surface area contributed by atoms with Crippen LogP contribution in [-0.2, 0) is 0 Å². The van der Waals surface area contributed by atoms with Gasteiger partial charge in [-0.1, -0.05) is 0 Å². The van der Waals surface area contributed by atoms with Crippen LogP contribution in [0.5, 0.6) is 0 Å². The molecule has 134 valence electrons. The normalized spacial score (nSPS) is 17.3. The molecule has 9 nitrogen and oxygen atoms in total. The highest BCUT2D eigenvalue weighted by molar-refractivity contribution is 7.13. The summed E-state index contributed by atoms with van der Waals surface area (Å²) in [5.74, 6) is 2.83. The van der Waals surface area contributed by atoms with Crippen LogP contribution in [0.2, 0.25) is 0 Å². The number of hydrogen-bond acceptors (Lipinski definition) is 7. The number of fused-ring (bicyclic) bond motifs is 1. The van der Waals surface area contributed by atoms with Gasteiger partial charge in [-0.3, -0.25) is 5.32 Å². The molecule has 1 aliphatic heterocycles. The van der Waals surface area contributed by atoms with E-state index in [1.165, 1.54) is 24.2 Å². The van der Waals surface area contributed by atoms with Crippen LogP contribution in [0.3, 0.4) is 0 Å². The van der Waals surface area contributed by atoms with Gasteiger partial charge in [0.15, 0.2) is 16.6 Å². The standard InChI is InChI=1S/C16H18N8OS/c25-15(19-16-17-5-6-26-16)18-7-10-8-23(9-10)13-4-3-12-20-21-14(11-1-2-11)24(12)22-13/h3-6,10-11H,1-2,7-9H2,(H2,17,18,19,25). The summed E-state index contributed by atoms with van der Waals surface area (Å²) >= 11 is 1.40. The zero-order valence-corrected chi connectivity index (χ0v) is 14.8. The topological polar surface area (TPSA) is 100 Å². The smallest absolute Gasteiger partial charge is 0.321 e. The van der Waals surface area contributed by atoms with Gasteiger partial charge in [-0.2, -0.15) is 4.52 Å². The third-order valence-corrected chi connectivity index (χ3v) is 5.39. The van der Waals surface area contributed by atoms with E-state index in [0.29, 0.717) is 23.5 Å². The lowest BCUT2D eigenvalue weighted by atomic mass is 10.0. The summed E-state index contributed by atoms with van der Waals surface area (Å²) in [5.41, 5.74) is 0.799. The summed E-state index contributed by atoms with van der Waals surface area (Å²) < 4.78 is 1.88. The number of carbonyl (C=O) groups excluding carboxylic acids is 1. The number of aromatic nitrogens is 5. The molecular weight excluding hydrogens is 352 g/mol. The second kappa shape index (κ2) is 6.20. The van der Waals surface area contributed by atoms with E-state index in [0.717, 1.165) is 30.4 Å². The van der Waals surface area contributed by atoms with E-state index in [9.17, 15) is 4.79 Å². The van der Waals surface area contributed by atoms with E-state index in [4.69, 9.17) is 5.10 Å². The fraction of sp³-hybridized carbons (Fsp3) is 0.438. The number of rotatable bonds is 5. The first kappa shape index (κ1) is 15.5. The number of urea groups is 1. The molecule has 10 heteroatoms. The zero-order chi connectivity index (χ0) is 17.5. The third kappa shape index (κ3) is 2.96. The van der Waals surface area contributed by atoms with Crippen molar-refractivity contribution >= 4 is 34.0 Å². The first-order chi connectivity index (χ1) is 12.8. The van der Waals surface area contributed by atoms with Gasteiger partial charge < -0.3 is 10.2 Å². The van der Waals surface area contributed by atoms with Crippen molar-refractivity contribution in [3.63, 3.8) is 0 Å². The van der Waals surface area contributed by atoms with E-state index < -0.39 is 0 Å². The van der Waals surface area contributed by atoms with Gasteiger partial charge in [0.25, 0.3) is 0 Å². The summed E-state index contributed by atoms with van der Waals surface area (Å²) in [7, 11) is 0. The molecule has 3 aromatic heterocycles. The Kier molecular flexibility index (Phi) is 3.70. The molecule has 2 fully saturated rings. The van der Waals surface area contributed by atoms with Crippen molar-refractivity contribution in [2.24, 2.45) is 5.92 Å². The molecule has 0 radical (unpaired) electrons. The van der Waals surface area contributed by atoms with Crippen molar-refractivity contribution in [2.45, 2.75) is 18.8 Å². The molecule has 1 aliphatic carbocycles. The average Bonchev–Trinajstić information content (AvgIpc) is 3.15. The Morgan fingerprint density at radius 3 is 2.92 bits per heavy atom. The van der Waals surface area contributed by atoms with Crippen molar-refractivity contribution in [2.75, 3.05) is 29.9 Å². The van der Waals surface area contributed by atoms with Crippen LogP contribution in [0.4, 0.5) is 15.7 Å². The molecule has 0 bridgehead atoms. The number of amides is 2. The third-order valence-electron chi connectivity index (χ3n) is 4.70. The predicted octanol–water partition coefficient (Wildman–Crippen LogP) is 1.72. The Bertz CT molecular complexity index is 929. The van der Waals surface area contributed by atoms with Crippen molar-refractivity contribution in [1.29, 1.82) is 0 Å². The van der Waals surface area contributed by atoms with E-state index in [-0.39, 0.29) is 6.03 Å². The van der Waals surface area contributed by atoms with Crippen molar-refractivity contribution in [3.8, 4) is 0 Å². The molecule has 0 unspecified atom stereocenters. The molecule has 26 heavy (non-hydrogen) atoms. The molecule has 5 rings (SSSR count). The number of nitrogens with one attached hydrogen (secondary N) is 2. The lowest BCUT2D eigenvalue weighted by molar-refractivity contribution is 0.248. The molecular formula is C16H18N8OS. The predicted molar refractivity (Wildman–Crippen MR) is 97.6 cm³/mol. The minimum Gasteiger partial charge on any atom is -0.354 e. The maximum atomic E-state index is 11.8. The lowest BCUT2D eigenvalue weighted by Crippen LogP contribution is -2.52. The number of nitrogens with zero attached hydrogens (tertiary/aromatic N) is 6. The highest BCUT2D eigenvalue weighted by Gasteiger charge is 2.31. The first-order valence-electron chi connectivity index (χ1n) is 8.68. The van der Waals surface area contributed by atoms with Crippen LogP contribution in [0.25, 0.3) is 5.65 Å². The largest absolute Gasteiger partial charge is 0.354 e. The minimum absolute atomic E-state index is 0.212. The molecule has 2 amide bonds. The molecule has 0 spiro atoms. The molecule has 1 saturated carbocycles. The number of anilines is 2. The van der Waals surface area contributed by atoms with Crippen LogP contribution in [-0.4, -0.2) is 50.5 Å². The van der Waals surface area contributed by atoms with Crippen LogP contribution in [0, 0.1) is 5.92 Å². The molecule has 3 aromatic rings. The molecule has 0 aromatic carbocycles. The van der Waals surface area contributed by atoms with Gasteiger partial charge in [0.05, 0.1) is 0 Å². The maximum absolute atomic E-state index is 11.8. The summed E-state index contributed by atoms with van der Waals surface area (Å²) in [6, 6.07) is 3.74. The second-order valence-electron chi connectivity index (χ2n) is 6.74. The maximum Gasteiger partial charge on any atom is 0.321 e. The van der Waals surface area contributed by atoms with Crippen LogP contribution in [0.15, 0.2) is 23.7 Å². The van der Waals surface area contributed by atoms with Crippen LogP contribution < -0.4 is 15.5 Å². The number of hydrogen-bond donors (Lipinski definition) is 2.